The second kappa shape index (κ2) is 12.3. The molecule has 1 aliphatic heterocycles. The number of halogens is 1. The summed E-state index contributed by atoms with van der Waals surface area (Å²) in [7, 11) is 3.93. The summed E-state index contributed by atoms with van der Waals surface area (Å²) in [6.07, 6.45) is 1.82. The van der Waals surface area contributed by atoms with E-state index in [2.05, 4.69) is 20.9 Å². The van der Waals surface area contributed by atoms with E-state index in [0.717, 1.165) is 26.9 Å². The van der Waals surface area contributed by atoms with Crippen LogP contribution in [-0.2, 0) is 16.1 Å². The fraction of sp³-hybridized carbons (Fsp3) is 0.219. The molecule has 0 fully saturated rings. The molecular weight excluding hydrogens is 602 g/mol. The molecule has 210 valence electrons. The van der Waals surface area contributed by atoms with Gasteiger partial charge in [-0.2, -0.15) is 0 Å². The Hall–Kier alpha value is -3.95. The maximum absolute atomic E-state index is 14.0. The molecule has 0 bridgehead atoms. The molecule has 0 radical (unpaired) electrons. The van der Waals surface area contributed by atoms with E-state index in [1.807, 2.05) is 97.9 Å². The third kappa shape index (κ3) is 6.06. The summed E-state index contributed by atoms with van der Waals surface area (Å²) in [5, 5.41) is 0. The van der Waals surface area contributed by atoms with E-state index < -0.39 is 12.0 Å². The minimum Gasteiger partial charge on any atom is -0.488 e. The highest BCUT2D eigenvalue weighted by Crippen LogP contribution is 2.32. The normalized spacial score (nSPS) is 14.9. The lowest BCUT2D eigenvalue weighted by molar-refractivity contribution is -0.139. The average molecular weight is 633 g/mol. The van der Waals surface area contributed by atoms with E-state index in [1.165, 1.54) is 11.3 Å². The smallest absolute Gasteiger partial charge is 0.338 e. The van der Waals surface area contributed by atoms with Gasteiger partial charge in [-0.05, 0) is 61.4 Å². The van der Waals surface area contributed by atoms with Gasteiger partial charge in [0.15, 0.2) is 4.80 Å². The number of carbonyl (C=O) groups is 1. The molecule has 1 aromatic heterocycles. The van der Waals surface area contributed by atoms with Crippen molar-refractivity contribution in [3.8, 4) is 5.75 Å². The van der Waals surface area contributed by atoms with Gasteiger partial charge in [-0.3, -0.25) is 9.36 Å². The molecule has 7 nitrogen and oxygen atoms in total. The summed E-state index contributed by atoms with van der Waals surface area (Å²) in [6.45, 7) is 4.17. The van der Waals surface area contributed by atoms with Crippen LogP contribution in [0, 0.1) is 0 Å². The van der Waals surface area contributed by atoms with Crippen LogP contribution in [0.4, 0.5) is 5.69 Å². The van der Waals surface area contributed by atoms with E-state index in [4.69, 9.17) is 9.47 Å². The predicted molar refractivity (Wildman–Crippen MR) is 166 cm³/mol. The van der Waals surface area contributed by atoms with Crippen LogP contribution >= 0.6 is 27.3 Å². The molecule has 1 aliphatic rings. The number of aromatic nitrogens is 1. The molecule has 0 spiro atoms. The van der Waals surface area contributed by atoms with E-state index in [1.54, 1.807) is 18.4 Å². The van der Waals surface area contributed by atoms with E-state index in [-0.39, 0.29) is 12.2 Å². The first kappa shape index (κ1) is 28.6. The van der Waals surface area contributed by atoms with Gasteiger partial charge in [0.25, 0.3) is 5.56 Å². The van der Waals surface area contributed by atoms with Crippen molar-refractivity contribution in [2.24, 2.45) is 4.99 Å². The Morgan fingerprint density at radius 1 is 1.10 bits per heavy atom. The monoisotopic (exact) mass is 631 g/mol. The van der Waals surface area contributed by atoms with Crippen LogP contribution in [0.3, 0.4) is 0 Å². The molecule has 41 heavy (non-hydrogen) atoms. The number of allylic oxidation sites excluding steroid dienone is 1. The van der Waals surface area contributed by atoms with Gasteiger partial charge >= 0.3 is 5.97 Å². The zero-order chi connectivity index (χ0) is 29.1. The number of esters is 1. The van der Waals surface area contributed by atoms with Crippen LogP contribution in [-0.4, -0.2) is 31.2 Å². The Labute approximate surface area is 250 Å². The zero-order valence-electron chi connectivity index (χ0n) is 23.3. The highest BCUT2D eigenvalue weighted by Gasteiger charge is 2.33. The molecule has 5 rings (SSSR count). The Morgan fingerprint density at radius 2 is 1.83 bits per heavy atom. The summed E-state index contributed by atoms with van der Waals surface area (Å²) in [4.78, 5) is 34.4. The maximum Gasteiger partial charge on any atom is 0.338 e. The van der Waals surface area contributed by atoms with Crippen LogP contribution in [0.25, 0.3) is 6.08 Å². The van der Waals surface area contributed by atoms with Gasteiger partial charge in [0.05, 0.1) is 28.5 Å². The first-order chi connectivity index (χ1) is 19.8. The molecule has 0 aliphatic carbocycles. The number of thiazole rings is 1. The van der Waals surface area contributed by atoms with E-state index >= 15 is 0 Å². The summed E-state index contributed by atoms with van der Waals surface area (Å²) in [6, 6.07) is 22.8. The Balaban J connectivity index is 1.63. The molecule has 3 aromatic carbocycles. The van der Waals surface area contributed by atoms with Crippen molar-refractivity contribution in [3.05, 3.63) is 125 Å². The number of anilines is 1. The second-order valence-electron chi connectivity index (χ2n) is 9.74. The molecular formula is C32H30BrN3O4S. The molecule has 0 saturated heterocycles. The molecule has 0 N–H and O–H groups in total. The fourth-order valence-electron chi connectivity index (χ4n) is 4.70. The molecule has 2 heterocycles. The Bertz CT molecular complexity index is 1790. The highest BCUT2D eigenvalue weighted by atomic mass is 79.9. The third-order valence-corrected chi connectivity index (χ3v) is 8.21. The molecule has 9 heteroatoms. The number of benzene rings is 3. The third-order valence-electron chi connectivity index (χ3n) is 6.74. The van der Waals surface area contributed by atoms with Gasteiger partial charge in [0.2, 0.25) is 0 Å². The van der Waals surface area contributed by atoms with Crippen molar-refractivity contribution in [1.29, 1.82) is 0 Å². The standard InChI is InChI=1S/C32H30BrN3O4S/c1-5-39-31(38)28-20(2)34-32-36(29(28)22-11-14-25(15-12-22)35(3)4)30(37)27(41-32)18-23-17-24(33)13-16-26(23)40-19-21-9-7-6-8-10-21/h6-18,29H,5,19H2,1-4H3. The fourth-order valence-corrected chi connectivity index (χ4v) is 6.12. The van der Waals surface area contributed by atoms with Gasteiger partial charge in [-0.1, -0.05) is 69.7 Å². The second-order valence-corrected chi connectivity index (χ2v) is 11.7. The highest BCUT2D eigenvalue weighted by molar-refractivity contribution is 9.10. The van der Waals surface area contributed by atoms with Gasteiger partial charge < -0.3 is 14.4 Å². The van der Waals surface area contributed by atoms with Crippen molar-refractivity contribution in [3.63, 3.8) is 0 Å². The molecule has 0 amide bonds. The zero-order valence-corrected chi connectivity index (χ0v) is 25.7. The summed E-state index contributed by atoms with van der Waals surface area (Å²) < 4.78 is 14.5. The minimum absolute atomic E-state index is 0.223. The van der Waals surface area contributed by atoms with Gasteiger partial charge in [0, 0.05) is 29.8 Å². The van der Waals surface area contributed by atoms with Crippen LogP contribution in [0.2, 0.25) is 0 Å². The maximum atomic E-state index is 14.0. The summed E-state index contributed by atoms with van der Waals surface area (Å²) in [5.41, 5.74) is 4.27. The van der Waals surface area contributed by atoms with Crippen molar-refractivity contribution >= 4 is 45.0 Å². The number of rotatable bonds is 8. The lowest BCUT2D eigenvalue weighted by Gasteiger charge is -2.25. The first-order valence-electron chi connectivity index (χ1n) is 13.2. The number of carbonyl (C=O) groups excluding carboxylic acids is 1. The lowest BCUT2D eigenvalue weighted by Crippen LogP contribution is -2.40. The molecule has 4 aromatic rings. The minimum atomic E-state index is -0.667. The van der Waals surface area contributed by atoms with Crippen LogP contribution < -0.4 is 24.5 Å². The SMILES string of the molecule is CCOC(=O)C1=C(C)N=c2sc(=Cc3cc(Br)ccc3OCc3ccccc3)c(=O)n2C1c1ccc(N(C)C)cc1. The van der Waals surface area contributed by atoms with Gasteiger partial charge in [-0.15, -0.1) is 0 Å². The quantitative estimate of drug-likeness (QED) is 0.250. The first-order valence-corrected chi connectivity index (χ1v) is 14.8. The van der Waals surface area contributed by atoms with Gasteiger partial charge in [0.1, 0.15) is 12.4 Å². The van der Waals surface area contributed by atoms with Crippen molar-refractivity contribution in [1.82, 2.24) is 4.57 Å². The molecule has 1 unspecified atom stereocenters. The van der Waals surface area contributed by atoms with Gasteiger partial charge in [-0.25, -0.2) is 9.79 Å². The van der Waals surface area contributed by atoms with Crippen molar-refractivity contribution in [2.45, 2.75) is 26.5 Å². The largest absolute Gasteiger partial charge is 0.488 e. The number of nitrogens with zero attached hydrogens (tertiary/aromatic N) is 3. The van der Waals surface area contributed by atoms with Crippen LogP contribution in [0.5, 0.6) is 5.75 Å². The van der Waals surface area contributed by atoms with Crippen LogP contribution in [0.1, 0.15) is 36.6 Å². The van der Waals surface area contributed by atoms with E-state index in [9.17, 15) is 9.59 Å². The van der Waals surface area contributed by atoms with Crippen LogP contribution in [0.15, 0.2) is 98.3 Å². The van der Waals surface area contributed by atoms with Crippen molar-refractivity contribution in [2.75, 3.05) is 25.6 Å². The lowest BCUT2D eigenvalue weighted by atomic mass is 9.95. The van der Waals surface area contributed by atoms with Crippen molar-refractivity contribution < 1.29 is 14.3 Å². The average Bonchev–Trinajstić information content (AvgIpc) is 3.26. The number of fused-ring (bicyclic) bond motifs is 1. The topological polar surface area (TPSA) is 73.1 Å². The number of hydrogen-bond acceptors (Lipinski definition) is 7. The Kier molecular flexibility index (Phi) is 8.56. The predicted octanol–water partition coefficient (Wildman–Crippen LogP) is 5.21. The number of hydrogen-bond donors (Lipinski definition) is 0. The molecule has 1 atom stereocenters. The summed E-state index contributed by atoms with van der Waals surface area (Å²) >= 11 is 4.83. The molecule has 0 saturated carbocycles. The Morgan fingerprint density at radius 3 is 2.51 bits per heavy atom. The summed E-state index contributed by atoms with van der Waals surface area (Å²) in [5.74, 6) is 0.176. The number of ether oxygens (including phenoxy) is 2. The van der Waals surface area contributed by atoms with E-state index in [0.29, 0.717) is 33.0 Å².